The Balaban J connectivity index is 1.92. The van der Waals surface area contributed by atoms with Crippen LogP contribution in [0.15, 0.2) is 42.7 Å². The molecule has 1 N–H and O–H groups in total. The number of hydrogen-bond acceptors (Lipinski definition) is 5. The predicted molar refractivity (Wildman–Crippen MR) is 79.5 cm³/mol. The standard InChI is InChI=1S/C16H15N3O2/c1-2-4-11-5-3-6-12(9-11)21-16-18-14-10-17-8-7-13(14)15(20)19-16/h3,5-10H,2,4H2,1H3,(H,18,19,20). The number of benzene rings is 1. The van der Waals surface area contributed by atoms with Crippen LogP contribution in [0.3, 0.4) is 0 Å². The zero-order chi connectivity index (χ0) is 14.7. The molecule has 0 aliphatic heterocycles. The molecule has 0 fully saturated rings. The molecule has 0 atom stereocenters. The highest BCUT2D eigenvalue weighted by atomic mass is 16.5. The fraction of sp³-hybridized carbons (Fsp3) is 0.188. The van der Waals surface area contributed by atoms with Crippen molar-refractivity contribution in [2.75, 3.05) is 0 Å². The third-order valence-electron chi connectivity index (χ3n) is 3.10. The van der Waals surface area contributed by atoms with E-state index in [-0.39, 0.29) is 11.9 Å². The van der Waals surface area contributed by atoms with Crippen LogP contribution in [-0.4, -0.2) is 20.1 Å². The van der Waals surface area contributed by atoms with E-state index in [1.54, 1.807) is 18.5 Å². The summed E-state index contributed by atoms with van der Waals surface area (Å²) in [7, 11) is 0. The van der Waals surface area contributed by atoms with Crippen LogP contribution in [0.4, 0.5) is 0 Å². The SMILES string of the molecule is CCCc1cccc(Oc2nc(O)c3ccncc3n2)c1. The monoisotopic (exact) mass is 281 g/mol. The van der Waals surface area contributed by atoms with Crippen LogP contribution in [0, 0.1) is 0 Å². The quantitative estimate of drug-likeness (QED) is 0.793. The zero-order valence-corrected chi connectivity index (χ0v) is 11.7. The Kier molecular flexibility index (Phi) is 3.64. The smallest absolute Gasteiger partial charge is 0.325 e. The lowest BCUT2D eigenvalue weighted by atomic mass is 10.1. The highest BCUT2D eigenvalue weighted by Crippen LogP contribution is 2.26. The second-order valence-electron chi connectivity index (χ2n) is 4.72. The number of aromatic nitrogens is 3. The minimum absolute atomic E-state index is 0.109. The molecule has 0 saturated carbocycles. The second kappa shape index (κ2) is 5.75. The van der Waals surface area contributed by atoms with E-state index in [1.807, 2.05) is 18.2 Å². The molecule has 0 radical (unpaired) electrons. The Labute approximate surface area is 122 Å². The largest absolute Gasteiger partial charge is 0.493 e. The molecule has 106 valence electrons. The van der Waals surface area contributed by atoms with Gasteiger partial charge in [0.25, 0.3) is 0 Å². The van der Waals surface area contributed by atoms with Crippen LogP contribution in [0.2, 0.25) is 0 Å². The molecule has 3 aromatic rings. The molecule has 5 nitrogen and oxygen atoms in total. The minimum atomic E-state index is -0.109. The van der Waals surface area contributed by atoms with Crippen molar-refractivity contribution in [3.63, 3.8) is 0 Å². The van der Waals surface area contributed by atoms with Crippen LogP contribution in [0.25, 0.3) is 10.9 Å². The minimum Gasteiger partial charge on any atom is -0.493 e. The molecule has 3 rings (SSSR count). The molecular formula is C16H15N3O2. The summed E-state index contributed by atoms with van der Waals surface area (Å²) in [5.74, 6) is 0.547. The number of aryl methyl sites for hydroxylation is 1. The fourth-order valence-electron chi connectivity index (χ4n) is 2.15. The van der Waals surface area contributed by atoms with Gasteiger partial charge < -0.3 is 9.84 Å². The molecule has 0 bridgehead atoms. The van der Waals surface area contributed by atoms with Gasteiger partial charge in [-0.05, 0) is 30.2 Å². The summed E-state index contributed by atoms with van der Waals surface area (Å²) < 4.78 is 5.64. The summed E-state index contributed by atoms with van der Waals surface area (Å²) in [6, 6.07) is 9.56. The number of fused-ring (bicyclic) bond motifs is 1. The van der Waals surface area contributed by atoms with Crippen LogP contribution < -0.4 is 4.74 Å². The van der Waals surface area contributed by atoms with Gasteiger partial charge in [-0.1, -0.05) is 25.5 Å². The summed E-state index contributed by atoms with van der Waals surface area (Å²) in [4.78, 5) is 12.2. The van der Waals surface area contributed by atoms with Crippen molar-refractivity contribution in [3.8, 4) is 17.6 Å². The molecule has 21 heavy (non-hydrogen) atoms. The van der Waals surface area contributed by atoms with Gasteiger partial charge in [0.15, 0.2) is 0 Å². The van der Waals surface area contributed by atoms with Crippen LogP contribution in [0.5, 0.6) is 17.6 Å². The first kappa shape index (κ1) is 13.3. The molecule has 1 aromatic carbocycles. The van der Waals surface area contributed by atoms with E-state index in [0.717, 1.165) is 12.8 Å². The first-order chi connectivity index (χ1) is 10.3. The van der Waals surface area contributed by atoms with Crippen molar-refractivity contribution in [1.29, 1.82) is 0 Å². The van der Waals surface area contributed by atoms with Gasteiger partial charge in [-0.25, -0.2) is 0 Å². The van der Waals surface area contributed by atoms with E-state index in [1.165, 1.54) is 5.56 Å². The van der Waals surface area contributed by atoms with Gasteiger partial charge in [0.05, 0.1) is 17.1 Å². The lowest BCUT2D eigenvalue weighted by molar-refractivity contribution is 0.411. The number of hydrogen-bond donors (Lipinski definition) is 1. The van der Waals surface area contributed by atoms with Gasteiger partial charge in [0.1, 0.15) is 5.75 Å². The maximum Gasteiger partial charge on any atom is 0.325 e. The maximum atomic E-state index is 9.91. The van der Waals surface area contributed by atoms with Crippen LogP contribution >= 0.6 is 0 Å². The van der Waals surface area contributed by atoms with E-state index in [9.17, 15) is 5.11 Å². The van der Waals surface area contributed by atoms with E-state index in [0.29, 0.717) is 16.7 Å². The van der Waals surface area contributed by atoms with Gasteiger partial charge in [-0.15, -0.1) is 0 Å². The van der Waals surface area contributed by atoms with E-state index in [4.69, 9.17) is 4.74 Å². The maximum absolute atomic E-state index is 9.91. The summed E-state index contributed by atoms with van der Waals surface area (Å²) in [5, 5.41) is 10.5. The Morgan fingerprint density at radius 1 is 1.19 bits per heavy atom. The first-order valence-corrected chi connectivity index (χ1v) is 6.84. The molecule has 0 unspecified atom stereocenters. The molecule has 0 aliphatic carbocycles. The van der Waals surface area contributed by atoms with Crippen molar-refractivity contribution in [2.45, 2.75) is 19.8 Å². The van der Waals surface area contributed by atoms with Crippen molar-refractivity contribution in [3.05, 3.63) is 48.3 Å². The highest BCUT2D eigenvalue weighted by molar-refractivity contribution is 5.82. The van der Waals surface area contributed by atoms with E-state index in [2.05, 4.69) is 27.9 Å². The number of aromatic hydroxyl groups is 1. The number of pyridine rings is 1. The van der Waals surface area contributed by atoms with Gasteiger partial charge in [0.2, 0.25) is 5.88 Å². The van der Waals surface area contributed by atoms with Crippen molar-refractivity contribution < 1.29 is 9.84 Å². The number of nitrogens with zero attached hydrogens (tertiary/aromatic N) is 3. The average molecular weight is 281 g/mol. The topological polar surface area (TPSA) is 68.1 Å². The van der Waals surface area contributed by atoms with E-state index >= 15 is 0 Å². The van der Waals surface area contributed by atoms with Gasteiger partial charge in [-0.3, -0.25) is 4.98 Å². The zero-order valence-electron chi connectivity index (χ0n) is 11.7. The predicted octanol–water partition coefficient (Wildman–Crippen LogP) is 3.48. The van der Waals surface area contributed by atoms with Gasteiger partial charge in [-0.2, -0.15) is 9.97 Å². The van der Waals surface area contributed by atoms with Gasteiger partial charge >= 0.3 is 6.01 Å². The van der Waals surface area contributed by atoms with Crippen molar-refractivity contribution in [1.82, 2.24) is 15.0 Å². The third kappa shape index (κ3) is 2.91. The fourth-order valence-corrected chi connectivity index (χ4v) is 2.15. The molecule has 0 aliphatic rings. The molecule has 0 saturated heterocycles. The lowest BCUT2D eigenvalue weighted by Crippen LogP contribution is -1.94. The average Bonchev–Trinajstić information content (AvgIpc) is 2.48. The van der Waals surface area contributed by atoms with Crippen molar-refractivity contribution >= 4 is 10.9 Å². The highest BCUT2D eigenvalue weighted by Gasteiger charge is 2.08. The summed E-state index contributed by atoms with van der Waals surface area (Å²) in [6.45, 7) is 2.13. The molecular weight excluding hydrogens is 266 g/mol. The molecule has 0 amide bonds. The normalized spacial score (nSPS) is 10.7. The van der Waals surface area contributed by atoms with Crippen molar-refractivity contribution in [2.24, 2.45) is 0 Å². The molecule has 0 spiro atoms. The Morgan fingerprint density at radius 2 is 2.10 bits per heavy atom. The number of ether oxygens (including phenoxy) is 1. The van der Waals surface area contributed by atoms with Crippen LogP contribution in [0.1, 0.15) is 18.9 Å². The van der Waals surface area contributed by atoms with Gasteiger partial charge in [0, 0.05) is 6.20 Å². The second-order valence-corrected chi connectivity index (χ2v) is 4.72. The Bertz CT molecular complexity index is 774. The summed E-state index contributed by atoms with van der Waals surface area (Å²) in [5.41, 5.74) is 1.74. The summed E-state index contributed by atoms with van der Waals surface area (Å²) >= 11 is 0. The first-order valence-electron chi connectivity index (χ1n) is 6.84. The van der Waals surface area contributed by atoms with Crippen LogP contribution in [-0.2, 0) is 6.42 Å². The molecule has 2 heterocycles. The Morgan fingerprint density at radius 3 is 2.95 bits per heavy atom. The molecule has 5 heteroatoms. The Hall–Kier alpha value is -2.69. The molecule has 2 aromatic heterocycles. The third-order valence-corrected chi connectivity index (χ3v) is 3.10. The van der Waals surface area contributed by atoms with E-state index < -0.39 is 0 Å². The number of rotatable bonds is 4. The lowest BCUT2D eigenvalue weighted by Gasteiger charge is -2.07. The summed E-state index contributed by atoms with van der Waals surface area (Å²) in [6.07, 6.45) is 5.21.